The van der Waals surface area contributed by atoms with Crippen molar-refractivity contribution in [2.24, 2.45) is 0 Å². The maximum Gasteiger partial charge on any atom is 0.534 e. The molecule has 1 N–H and O–H groups in total. The van der Waals surface area contributed by atoms with Crippen molar-refractivity contribution in [3.05, 3.63) is 41.3 Å². The van der Waals surface area contributed by atoms with E-state index in [2.05, 4.69) is 24.6 Å². The molecule has 0 radical (unpaired) electrons. The van der Waals surface area contributed by atoms with Gasteiger partial charge in [0, 0.05) is 35.5 Å². The smallest absolute Gasteiger partial charge is 0.490 e. The predicted octanol–water partition coefficient (Wildman–Crippen LogP) is 3.72. The van der Waals surface area contributed by atoms with Gasteiger partial charge >= 0.3 is 15.6 Å². The minimum atomic E-state index is -6.03. The Labute approximate surface area is 217 Å². The summed E-state index contributed by atoms with van der Waals surface area (Å²) in [6.07, 6.45) is 0. The number of nitrogens with zero attached hydrogens (tertiary/aromatic N) is 4. The molecule has 38 heavy (non-hydrogen) atoms. The molecule has 0 bridgehead atoms. The highest BCUT2D eigenvalue weighted by molar-refractivity contribution is 7.88. The molecule has 0 atom stereocenters. The molecular weight excluding hydrogens is 554 g/mol. The van der Waals surface area contributed by atoms with Crippen molar-refractivity contribution in [1.29, 1.82) is 0 Å². The van der Waals surface area contributed by atoms with Crippen molar-refractivity contribution < 1.29 is 39.6 Å². The zero-order valence-corrected chi connectivity index (χ0v) is 21.2. The topological polar surface area (TPSA) is 117 Å². The van der Waals surface area contributed by atoms with Gasteiger partial charge in [-0.15, -0.1) is 16.4 Å². The SMILES string of the molecule is COCCOc1cc(F)ccc1-c1c(-c2nc3n(n2)CCNC3)nc(OS(=O)(=O)C(F)(F)F)c2ccsc12. The largest absolute Gasteiger partial charge is 0.534 e. The van der Waals surface area contributed by atoms with Gasteiger partial charge in [0.15, 0.2) is 0 Å². The average Bonchev–Trinajstić information content (AvgIpc) is 3.51. The summed E-state index contributed by atoms with van der Waals surface area (Å²) in [7, 11) is -4.56. The molecule has 4 aromatic rings. The van der Waals surface area contributed by atoms with Crippen molar-refractivity contribution in [3.63, 3.8) is 0 Å². The molecule has 0 fully saturated rings. The van der Waals surface area contributed by atoms with E-state index >= 15 is 0 Å². The van der Waals surface area contributed by atoms with Crippen LogP contribution in [-0.2, 0) is 27.9 Å². The first-order chi connectivity index (χ1) is 18.1. The summed E-state index contributed by atoms with van der Waals surface area (Å²) in [5, 5.41) is 9.13. The molecular formula is C22H19F4N5O5S2. The third kappa shape index (κ3) is 4.91. The molecule has 5 rings (SSSR count). The van der Waals surface area contributed by atoms with Crippen LogP contribution in [0.4, 0.5) is 17.6 Å². The van der Waals surface area contributed by atoms with E-state index in [9.17, 15) is 26.0 Å². The highest BCUT2D eigenvalue weighted by atomic mass is 32.2. The van der Waals surface area contributed by atoms with Gasteiger partial charge in [-0.1, -0.05) is 0 Å². The number of ether oxygens (including phenoxy) is 2. The van der Waals surface area contributed by atoms with Crippen LogP contribution in [-0.4, -0.2) is 60.5 Å². The zero-order chi connectivity index (χ0) is 27.1. The molecule has 0 amide bonds. The van der Waals surface area contributed by atoms with Crippen LogP contribution in [0.1, 0.15) is 5.82 Å². The Kier molecular flexibility index (Phi) is 6.97. The number of pyridine rings is 1. The lowest BCUT2D eigenvalue weighted by molar-refractivity contribution is -0.0500. The highest BCUT2D eigenvalue weighted by Crippen LogP contribution is 2.46. The van der Waals surface area contributed by atoms with Crippen molar-refractivity contribution in [2.45, 2.75) is 18.6 Å². The number of aromatic nitrogens is 4. The van der Waals surface area contributed by atoms with Crippen molar-refractivity contribution in [3.8, 4) is 34.3 Å². The molecule has 3 aromatic heterocycles. The van der Waals surface area contributed by atoms with Gasteiger partial charge in [0.05, 0.1) is 25.1 Å². The average molecular weight is 574 g/mol. The Morgan fingerprint density at radius 1 is 1.18 bits per heavy atom. The monoisotopic (exact) mass is 573 g/mol. The van der Waals surface area contributed by atoms with Crippen LogP contribution in [0.5, 0.6) is 11.6 Å². The number of benzene rings is 1. The molecule has 202 valence electrons. The molecule has 1 aliphatic heterocycles. The summed E-state index contributed by atoms with van der Waals surface area (Å²) in [4.78, 5) is 8.67. The number of methoxy groups -OCH3 is 1. The van der Waals surface area contributed by atoms with E-state index in [1.807, 2.05) is 0 Å². The lowest BCUT2D eigenvalue weighted by atomic mass is 10.0. The molecule has 1 aromatic carbocycles. The van der Waals surface area contributed by atoms with Gasteiger partial charge in [0.1, 0.15) is 29.7 Å². The number of thiophene rings is 1. The Balaban J connectivity index is 1.77. The van der Waals surface area contributed by atoms with Crippen LogP contribution in [0, 0.1) is 5.82 Å². The van der Waals surface area contributed by atoms with Gasteiger partial charge < -0.3 is 19.0 Å². The van der Waals surface area contributed by atoms with Crippen LogP contribution in [0.3, 0.4) is 0 Å². The maximum atomic E-state index is 14.2. The molecule has 10 nitrogen and oxygen atoms in total. The van der Waals surface area contributed by atoms with Crippen molar-refractivity contribution in [1.82, 2.24) is 25.1 Å². The van der Waals surface area contributed by atoms with E-state index in [0.29, 0.717) is 41.3 Å². The standard InChI is InChI=1S/C22H19F4N5O5S2/c1-34-7-8-35-15-10-12(23)2-3-13(15)17-18(20-28-16-11-27-5-6-31(16)30-20)29-21(14-4-9-37-19(14)17)36-38(32,33)22(24,25)26/h2-4,9-10,27H,5-8,11H2,1H3. The highest BCUT2D eigenvalue weighted by Gasteiger charge is 2.49. The normalized spacial score (nSPS) is 14.0. The number of nitrogens with one attached hydrogen (secondary N) is 1. The van der Waals surface area contributed by atoms with Crippen LogP contribution in [0.25, 0.3) is 32.7 Å². The first-order valence-corrected chi connectivity index (χ1v) is 13.4. The van der Waals surface area contributed by atoms with E-state index in [4.69, 9.17) is 9.47 Å². The molecule has 0 aliphatic carbocycles. The number of halogens is 4. The first-order valence-electron chi connectivity index (χ1n) is 11.1. The second kappa shape index (κ2) is 10.1. The molecule has 0 unspecified atom stereocenters. The third-order valence-corrected chi connectivity index (χ3v) is 7.42. The van der Waals surface area contributed by atoms with E-state index in [1.54, 1.807) is 4.68 Å². The van der Waals surface area contributed by atoms with Gasteiger partial charge in [0.2, 0.25) is 11.7 Å². The fraction of sp³-hybridized carbons (Fsp3) is 0.318. The molecule has 0 saturated carbocycles. The maximum absolute atomic E-state index is 14.2. The summed E-state index contributed by atoms with van der Waals surface area (Å²) in [6.45, 7) is 1.77. The zero-order valence-electron chi connectivity index (χ0n) is 19.6. The Morgan fingerprint density at radius 3 is 2.74 bits per heavy atom. The number of hydrogen-bond donors (Lipinski definition) is 1. The fourth-order valence-corrected chi connectivity index (χ4v) is 5.23. The molecule has 0 spiro atoms. The van der Waals surface area contributed by atoms with E-state index in [1.165, 1.54) is 30.7 Å². The fourth-order valence-electron chi connectivity index (χ4n) is 3.85. The molecule has 16 heteroatoms. The Morgan fingerprint density at radius 2 is 2.00 bits per heavy atom. The first kappa shape index (κ1) is 26.3. The summed E-state index contributed by atoms with van der Waals surface area (Å²) in [6, 6.07) is 5.16. The van der Waals surface area contributed by atoms with Gasteiger partial charge in [-0.25, -0.2) is 19.0 Å². The van der Waals surface area contributed by atoms with Crippen molar-refractivity contribution >= 4 is 31.5 Å². The lowest BCUT2D eigenvalue weighted by Gasteiger charge is -2.16. The van der Waals surface area contributed by atoms with Gasteiger partial charge in [-0.3, -0.25) is 0 Å². The third-order valence-electron chi connectivity index (χ3n) is 5.55. The molecule has 4 heterocycles. The molecule has 0 saturated heterocycles. The second-order valence-electron chi connectivity index (χ2n) is 8.02. The quantitative estimate of drug-likeness (QED) is 0.146. The summed E-state index contributed by atoms with van der Waals surface area (Å²) >= 11 is 1.10. The van der Waals surface area contributed by atoms with Gasteiger partial charge in [-0.05, 0) is 23.6 Å². The number of hydrogen-bond acceptors (Lipinski definition) is 10. The van der Waals surface area contributed by atoms with Crippen LogP contribution in [0.2, 0.25) is 0 Å². The summed E-state index contributed by atoms with van der Waals surface area (Å²) in [5.41, 5.74) is -5.08. The van der Waals surface area contributed by atoms with Crippen LogP contribution < -0.4 is 14.2 Å². The Hall–Kier alpha value is -3.34. The summed E-state index contributed by atoms with van der Waals surface area (Å²) in [5.74, 6) is -0.688. The van der Waals surface area contributed by atoms with E-state index in [-0.39, 0.29) is 35.9 Å². The summed E-state index contributed by atoms with van der Waals surface area (Å²) < 4.78 is 94.7. The number of alkyl halides is 3. The minimum absolute atomic E-state index is 0.000573. The lowest BCUT2D eigenvalue weighted by Crippen LogP contribution is -2.28. The minimum Gasteiger partial charge on any atom is -0.490 e. The van der Waals surface area contributed by atoms with E-state index in [0.717, 1.165) is 17.4 Å². The second-order valence-corrected chi connectivity index (χ2v) is 10.5. The van der Waals surface area contributed by atoms with Gasteiger partial charge in [0.25, 0.3) is 0 Å². The van der Waals surface area contributed by atoms with E-state index < -0.39 is 27.3 Å². The Bertz CT molecular complexity index is 1580. The van der Waals surface area contributed by atoms with Crippen LogP contribution >= 0.6 is 11.3 Å². The predicted molar refractivity (Wildman–Crippen MR) is 129 cm³/mol. The van der Waals surface area contributed by atoms with Crippen LogP contribution in [0.15, 0.2) is 29.6 Å². The molecule has 1 aliphatic rings. The van der Waals surface area contributed by atoms with Crippen molar-refractivity contribution in [2.75, 3.05) is 26.9 Å². The number of fused-ring (bicyclic) bond motifs is 2. The van der Waals surface area contributed by atoms with Gasteiger partial charge in [-0.2, -0.15) is 21.6 Å². The number of rotatable bonds is 8.